The molecule has 1 atom stereocenters. The van der Waals surface area contributed by atoms with Crippen LogP contribution >= 0.6 is 0 Å². The van der Waals surface area contributed by atoms with Crippen molar-refractivity contribution in [3.05, 3.63) is 36.4 Å². The number of anilines is 1. The van der Waals surface area contributed by atoms with Gasteiger partial charge >= 0.3 is 0 Å². The molecule has 1 aliphatic heterocycles. The minimum absolute atomic E-state index is 0.336. The van der Waals surface area contributed by atoms with Gasteiger partial charge in [-0.1, -0.05) is 0 Å². The van der Waals surface area contributed by atoms with Crippen LogP contribution in [0.4, 0.5) is 5.82 Å². The highest BCUT2D eigenvalue weighted by molar-refractivity contribution is 5.62. The van der Waals surface area contributed by atoms with Gasteiger partial charge in [0.15, 0.2) is 11.3 Å². The Morgan fingerprint density at radius 1 is 1.28 bits per heavy atom. The highest BCUT2D eigenvalue weighted by atomic mass is 15.3. The maximum absolute atomic E-state index is 9.07. The number of nitriles is 1. The van der Waals surface area contributed by atoms with E-state index in [1.807, 2.05) is 12.1 Å². The molecule has 1 fully saturated rings. The Hall–Kier alpha value is -3.05. The molecule has 8 heteroatoms. The number of rotatable bonds is 3. The number of aromatic nitrogens is 5. The standard InChI is InChI=1S/C17H18N8/c18-7-12-2-1-5-24(10-12)17-6-14(21-11-22-17)15-9-20-16-4-3-13(8-19)23-25(15)16/h3-4,6,9,11-12H,1-2,5,7,10,18H2. The number of imidazole rings is 1. The van der Waals surface area contributed by atoms with E-state index in [-0.39, 0.29) is 0 Å². The third-order valence-corrected chi connectivity index (χ3v) is 4.57. The molecule has 3 aromatic heterocycles. The van der Waals surface area contributed by atoms with Gasteiger partial charge in [-0.15, -0.1) is 0 Å². The van der Waals surface area contributed by atoms with Crippen molar-refractivity contribution < 1.29 is 0 Å². The molecular formula is C17H18N8. The number of hydrogen-bond donors (Lipinski definition) is 1. The molecule has 0 aromatic carbocycles. The smallest absolute Gasteiger partial charge is 0.161 e. The average Bonchev–Trinajstić information content (AvgIpc) is 3.11. The lowest BCUT2D eigenvalue weighted by molar-refractivity contribution is 0.421. The van der Waals surface area contributed by atoms with E-state index in [1.165, 1.54) is 6.42 Å². The SMILES string of the molecule is N#Cc1ccc2ncc(-c3cc(N4CCCC(CN)C4)ncn3)n2n1. The van der Waals surface area contributed by atoms with Gasteiger partial charge in [0.1, 0.15) is 23.9 Å². The van der Waals surface area contributed by atoms with Crippen LogP contribution in [0.1, 0.15) is 18.5 Å². The summed E-state index contributed by atoms with van der Waals surface area (Å²) in [6.45, 7) is 2.58. The quantitative estimate of drug-likeness (QED) is 0.767. The van der Waals surface area contributed by atoms with Crippen molar-refractivity contribution in [3.63, 3.8) is 0 Å². The van der Waals surface area contributed by atoms with Crippen LogP contribution in [0.5, 0.6) is 0 Å². The molecular weight excluding hydrogens is 316 g/mol. The molecule has 4 rings (SSSR count). The van der Waals surface area contributed by atoms with Crippen molar-refractivity contribution in [3.8, 4) is 17.5 Å². The molecule has 4 heterocycles. The number of fused-ring (bicyclic) bond motifs is 1. The second kappa shape index (κ2) is 6.45. The van der Waals surface area contributed by atoms with Crippen molar-refractivity contribution in [1.29, 1.82) is 5.26 Å². The van der Waals surface area contributed by atoms with Crippen molar-refractivity contribution in [1.82, 2.24) is 24.6 Å². The summed E-state index contributed by atoms with van der Waals surface area (Å²) in [6.07, 6.45) is 5.56. The van der Waals surface area contributed by atoms with Gasteiger partial charge in [0.2, 0.25) is 0 Å². The molecule has 3 aromatic rings. The highest BCUT2D eigenvalue weighted by Crippen LogP contribution is 2.25. The maximum atomic E-state index is 9.07. The van der Waals surface area contributed by atoms with E-state index in [4.69, 9.17) is 11.0 Å². The zero-order chi connectivity index (χ0) is 17.2. The molecule has 0 saturated carbocycles. The fourth-order valence-corrected chi connectivity index (χ4v) is 3.23. The van der Waals surface area contributed by atoms with Crippen LogP contribution in [0, 0.1) is 17.2 Å². The van der Waals surface area contributed by atoms with E-state index < -0.39 is 0 Å². The van der Waals surface area contributed by atoms with Crippen LogP contribution in [0.2, 0.25) is 0 Å². The largest absolute Gasteiger partial charge is 0.356 e. The van der Waals surface area contributed by atoms with Crippen molar-refractivity contribution >= 4 is 11.5 Å². The molecule has 126 valence electrons. The fraction of sp³-hybridized carbons (Fsp3) is 0.353. The minimum atomic E-state index is 0.336. The van der Waals surface area contributed by atoms with Crippen molar-refractivity contribution in [2.24, 2.45) is 11.7 Å². The Morgan fingerprint density at radius 2 is 2.20 bits per heavy atom. The van der Waals surface area contributed by atoms with Crippen LogP contribution in [-0.2, 0) is 0 Å². The van der Waals surface area contributed by atoms with Crippen LogP contribution < -0.4 is 10.6 Å². The summed E-state index contributed by atoms with van der Waals surface area (Å²) in [4.78, 5) is 15.4. The van der Waals surface area contributed by atoms with Gasteiger partial charge in [0.05, 0.1) is 11.9 Å². The topological polar surface area (TPSA) is 109 Å². The summed E-state index contributed by atoms with van der Waals surface area (Å²) in [5.74, 6) is 1.39. The zero-order valence-corrected chi connectivity index (χ0v) is 13.7. The predicted octanol–water partition coefficient (Wildman–Crippen LogP) is 1.23. The lowest BCUT2D eigenvalue weighted by atomic mass is 9.98. The van der Waals surface area contributed by atoms with Crippen LogP contribution in [0.25, 0.3) is 17.0 Å². The van der Waals surface area contributed by atoms with Gasteiger partial charge in [0.25, 0.3) is 0 Å². The Labute approximate surface area is 144 Å². The van der Waals surface area contributed by atoms with Crippen LogP contribution in [0.15, 0.2) is 30.7 Å². The first-order valence-corrected chi connectivity index (χ1v) is 8.31. The highest BCUT2D eigenvalue weighted by Gasteiger charge is 2.20. The Morgan fingerprint density at radius 3 is 3.04 bits per heavy atom. The summed E-state index contributed by atoms with van der Waals surface area (Å²) >= 11 is 0. The summed E-state index contributed by atoms with van der Waals surface area (Å²) in [5.41, 5.74) is 8.32. The normalized spacial score (nSPS) is 17.6. The maximum Gasteiger partial charge on any atom is 0.161 e. The van der Waals surface area contributed by atoms with Gasteiger partial charge in [-0.25, -0.2) is 19.5 Å². The second-order valence-electron chi connectivity index (χ2n) is 6.20. The van der Waals surface area contributed by atoms with E-state index in [2.05, 4.69) is 25.0 Å². The summed E-state index contributed by atoms with van der Waals surface area (Å²) < 4.78 is 1.64. The first kappa shape index (κ1) is 15.5. The molecule has 0 aliphatic carbocycles. The van der Waals surface area contributed by atoms with E-state index in [1.54, 1.807) is 29.2 Å². The average molecular weight is 334 g/mol. The number of piperidine rings is 1. The number of nitrogens with zero attached hydrogens (tertiary/aromatic N) is 7. The Balaban J connectivity index is 1.71. The Kier molecular flexibility index (Phi) is 3.99. The van der Waals surface area contributed by atoms with Crippen LogP contribution in [-0.4, -0.2) is 44.2 Å². The van der Waals surface area contributed by atoms with Gasteiger partial charge in [-0.2, -0.15) is 10.4 Å². The third-order valence-electron chi connectivity index (χ3n) is 4.57. The first-order valence-electron chi connectivity index (χ1n) is 8.31. The van der Waals surface area contributed by atoms with Gasteiger partial charge in [0, 0.05) is 19.2 Å². The van der Waals surface area contributed by atoms with E-state index >= 15 is 0 Å². The molecule has 1 saturated heterocycles. The lowest BCUT2D eigenvalue weighted by Crippen LogP contribution is -2.38. The monoisotopic (exact) mass is 334 g/mol. The fourth-order valence-electron chi connectivity index (χ4n) is 3.23. The van der Waals surface area contributed by atoms with E-state index in [0.29, 0.717) is 23.8 Å². The number of nitrogens with two attached hydrogens (primary N) is 1. The predicted molar refractivity (Wildman–Crippen MR) is 92.7 cm³/mol. The molecule has 25 heavy (non-hydrogen) atoms. The van der Waals surface area contributed by atoms with Crippen molar-refractivity contribution in [2.45, 2.75) is 12.8 Å². The van der Waals surface area contributed by atoms with Gasteiger partial charge in [-0.05, 0) is 37.4 Å². The summed E-state index contributed by atoms with van der Waals surface area (Å²) in [6, 6.07) is 7.42. The van der Waals surface area contributed by atoms with Crippen molar-refractivity contribution in [2.75, 3.05) is 24.5 Å². The minimum Gasteiger partial charge on any atom is -0.356 e. The Bertz CT molecular complexity index is 941. The molecule has 0 amide bonds. The van der Waals surface area contributed by atoms with Crippen LogP contribution in [0.3, 0.4) is 0 Å². The molecule has 0 radical (unpaired) electrons. The zero-order valence-electron chi connectivity index (χ0n) is 13.7. The van der Waals surface area contributed by atoms with E-state index in [9.17, 15) is 0 Å². The van der Waals surface area contributed by atoms with Gasteiger partial charge in [-0.3, -0.25) is 0 Å². The second-order valence-corrected chi connectivity index (χ2v) is 6.20. The molecule has 2 N–H and O–H groups in total. The molecule has 1 unspecified atom stereocenters. The summed E-state index contributed by atoms with van der Waals surface area (Å²) in [5, 5.41) is 13.4. The third kappa shape index (κ3) is 2.90. The molecule has 8 nitrogen and oxygen atoms in total. The van der Waals surface area contributed by atoms with Gasteiger partial charge < -0.3 is 10.6 Å². The first-order chi connectivity index (χ1) is 12.3. The lowest BCUT2D eigenvalue weighted by Gasteiger charge is -2.33. The molecule has 0 spiro atoms. The summed E-state index contributed by atoms with van der Waals surface area (Å²) in [7, 11) is 0. The van der Waals surface area contributed by atoms with E-state index in [0.717, 1.165) is 36.7 Å². The number of hydrogen-bond acceptors (Lipinski definition) is 7. The molecule has 1 aliphatic rings. The molecule has 0 bridgehead atoms.